The van der Waals surface area contributed by atoms with Gasteiger partial charge in [0.1, 0.15) is 24.5 Å². The van der Waals surface area contributed by atoms with Crippen molar-refractivity contribution in [1.29, 1.82) is 0 Å². The van der Waals surface area contributed by atoms with Crippen molar-refractivity contribution >= 4 is 47.2 Å². The highest BCUT2D eigenvalue weighted by Gasteiger charge is 2.41. The van der Waals surface area contributed by atoms with Crippen LogP contribution in [-0.2, 0) is 39.8 Å². The van der Waals surface area contributed by atoms with E-state index in [1.54, 1.807) is 31.7 Å². The average molecular weight is 1110 g/mol. The normalized spacial score (nSPS) is 13.6. The number of carbonyl (C=O) groups excluding carboxylic acids is 4. The number of halogens is 1. The van der Waals surface area contributed by atoms with Gasteiger partial charge in [-0.3, -0.25) is 19.2 Å². The van der Waals surface area contributed by atoms with Crippen molar-refractivity contribution in [3.63, 3.8) is 0 Å². The van der Waals surface area contributed by atoms with Gasteiger partial charge in [-0.15, -0.1) is 23.5 Å². The van der Waals surface area contributed by atoms with E-state index in [0.29, 0.717) is 17.7 Å². The number of aliphatic hydroxyl groups excluding tert-OH is 2. The van der Waals surface area contributed by atoms with E-state index >= 15 is 0 Å². The summed E-state index contributed by atoms with van der Waals surface area (Å²) in [5.74, 6) is -2.89. The van der Waals surface area contributed by atoms with E-state index in [0.717, 1.165) is 33.4 Å². The van der Waals surface area contributed by atoms with Crippen LogP contribution in [0.1, 0.15) is 72.1 Å². The Hall–Kier alpha value is -7.55. The van der Waals surface area contributed by atoms with Crippen LogP contribution < -0.4 is 16.0 Å². The summed E-state index contributed by atoms with van der Waals surface area (Å²) < 4.78 is 18.0. The van der Waals surface area contributed by atoms with E-state index in [2.05, 4.69) is 58.9 Å². The number of aliphatic hydroxyl groups is 2. The van der Waals surface area contributed by atoms with E-state index < -0.39 is 75.8 Å². The minimum absolute atomic E-state index is 0.0271. The summed E-state index contributed by atoms with van der Waals surface area (Å²) in [5, 5.41) is 31.4. The zero-order valence-corrected chi connectivity index (χ0v) is 46.7. The predicted octanol–water partition coefficient (Wildman–Crippen LogP) is 11.1. The Balaban J connectivity index is 1.13. The molecular formula is C67H70FN3O7S2. The lowest BCUT2D eigenvalue weighted by Crippen LogP contribution is -2.58. The Labute approximate surface area is 478 Å². The van der Waals surface area contributed by atoms with Crippen LogP contribution in [0.2, 0.25) is 0 Å². The summed E-state index contributed by atoms with van der Waals surface area (Å²) in [5.41, 5.74) is 6.65. The van der Waals surface area contributed by atoms with Gasteiger partial charge in [0.05, 0.1) is 40.6 Å². The van der Waals surface area contributed by atoms with E-state index in [4.69, 9.17) is 4.74 Å². The molecule has 5 atom stereocenters. The number of esters is 1. The smallest absolute Gasteiger partial charge is 0.308 e. The lowest BCUT2D eigenvalue weighted by Gasteiger charge is -2.37. The third-order valence-corrected chi connectivity index (χ3v) is 16.9. The second kappa shape index (κ2) is 30.2. The summed E-state index contributed by atoms with van der Waals surface area (Å²) in [6.45, 7) is 7.12. The monoisotopic (exact) mass is 1110 g/mol. The number of nitrogens with one attached hydrogen (secondary N) is 3. The molecule has 0 heterocycles. The number of benzene rings is 7. The van der Waals surface area contributed by atoms with Gasteiger partial charge >= 0.3 is 5.97 Å². The summed E-state index contributed by atoms with van der Waals surface area (Å²) in [7, 11) is 0. The first-order valence-electron chi connectivity index (χ1n) is 26.9. The standard InChI is InChI=1S/C67H70FN3O7S2/c1-4-42-78-62(75)46-60(73)63(48(2)3)71-65(77)59(47-80-67(53-31-17-8-18-32-53,54-33-19-9-20-34-54)55-35-21-10-22-36-55)70-64(76)58(44-49-38-40-56(68)41-39-49)69-61(74)45-57(72)37-23-24-43-79-66(50-25-11-5-12-26-50,51-27-13-6-14-28-51)52-29-15-7-16-30-52/h4-23,25-41,48,57-60,63,72-73H,1,24,42-47H2,2-3H3,(H,69,74)(H,70,76)(H,71,77)/t57-,58-,59-,60+,63-/m1/s1. The molecule has 0 unspecified atom stereocenters. The molecule has 7 rings (SSSR count). The molecule has 0 saturated carbocycles. The van der Waals surface area contributed by atoms with Crippen molar-refractivity contribution in [3.8, 4) is 0 Å². The van der Waals surface area contributed by atoms with Gasteiger partial charge in [0, 0.05) is 12.2 Å². The van der Waals surface area contributed by atoms with Gasteiger partial charge in [-0.1, -0.05) is 233 Å². The maximum atomic E-state index is 14.9. The molecule has 0 aliphatic rings. The number of rotatable bonds is 29. The van der Waals surface area contributed by atoms with Crippen LogP contribution in [0.4, 0.5) is 4.39 Å². The lowest BCUT2D eigenvalue weighted by molar-refractivity contribution is -0.145. The SMILES string of the molecule is C=CCOC(=O)C[C@H](O)[C@H](NC(=O)[C@@H](CSC(c1ccccc1)(c1ccccc1)c1ccccc1)NC(=O)[C@@H](Cc1ccc(F)cc1)NC(=O)C[C@H](O)C=CCCSC(c1ccccc1)(c1ccccc1)c1ccccc1)C(C)C. The highest BCUT2D eigenvalue weighted by Crippen LogP contribution is 2.50. The van der Waals surface area contributed by atoms with Crippen LogP contribution in [0.3, 0.4) is 0 Å². The van der Waals surface area contributed by atoms with Crippen molar-refractivity contribution < 1.29 is 38.5 Å². The van der Waals surface area contributed by atoms with Crippen LogP contribution in [0.25, 0.3) is 0 Å². The maximum absolute atomic E-state index is 14.9. The van der Waals surface area contributed by atoms with Gasteiger partial charge in [-0.2, -0.15) is 0 Å². The summed E-state index contributed by atoms with van der Waals surface area (Å²) in [6.07, 6.45) is 1.99. The Morgan fingerprint density at radius 1 is 0.575 bits per heavy atom. The Morgan fingerprint density at radius 3 is 1.43 bits per heavy atom. The van der Waals surface area contributed by atoms with Crippen LogP contribution in [-0.4, -0.2) is 82.3 Å². The molecular weight excluding hydrogens is 1040 g/mol. The summed E-state index contributed by atoms with van der Waals surface area (Å²) in [4.78, 5) is 56.6. The van der Waals surface area contributed by atoms with Gasteiger partial charge in [0.15, 0.2) is 0 Å². The quantitative estimate of drug-likeness (QED) is 0.0133. The highest BCUT2D eigenvalue weighted by atomic mass is 32.2. The van der Waals surface area contributed by atoms with Crippen molar-refractivity contribution in [2.75, 3.05) is 18.1 Å². The Bertz CT molecular complexity index is 2870. The summed E-state index contributed by atoms with van der Waals surface area (Å²) in [6, 6.07) is 62.7. The number of hydrogen-bond acceptors (Lipinski definition) is 9. The second-order valence-electron chi connectivity index (χ2n) is 19.7. The molecule has 3 amide bonds. The molecule has 80 heavy (non-hydrogen) atoms. The van der Waals surface area contributed by atoms with Crippen molar-refractivity contribution in [2.45, 2.75) is 79.4 Å². The van der Waals surface area contributed by atoms with Crippen LogP contribution in [0.15, 0.2) is 231 Å². The number of ether oxygens (including phenoxy) is 1. The highest BCUT2D eigenvalue weighted by molar-refractivity contribution is 8.00. The second-order valence-corrected chi connectivity index (χ2v) is 22.3. The zero-order valence-electron chi connectivity index (χ0n) is 45.1. The molecule has 5 N–H and O–H groups in total. The predicted molar refractivity (Wildman–Crippen MR) is 320 cm³/mol. The number of thioether (sulfide) groups is 2. The van der Waals surface area contributed by atoms with Crippen molar-refractivity contribution in [1.82, 2.24) is 16.0 Å². The molecule has 7 aromatic carbocycles. The van der Waals surface area contributed by atoms with Gasteiger partial charge in [-0.25, -0.2) is 4.39 Å². The molecule has 0 saturated heterocycles. The van der Waals surface area contributed by atoms with Gasteiger partial charge < -0.3 is 30.9 Å². The fraction of sp³-hybridized carbons (Fsp3) is 0.254. The molecule has 0 radical (unpaired) electrons. The first-order valence-corrected chi connectivity index (χ1v) is 28.9. The fourth-order valence-corrected chi connectivity index (χ4v) is 12.8. The van der Waals surface area contributed by atoms with Gasteiger partial charge in [-0.05, 0) is 69.2 Å². The molecule has 414 valence electrons. The number of carbonyl (C=O) groups is 4. The lowest BCUT2D eigenvalue weighted by atomic mass is 9.84. The number of allylic oxidation sites excluding steroid dienone is 1. The molecule has 13 heteroatoms. The van der Waals surface area contributed by atoms with Crippen LogP contribution in [0, 0.1) is 11.7 Å². The molecule has 7 aromatic rings. The first kappa shape index (κ1) is 60.1. The molecule has 10 nitrogen and oxygen atoms in total. The van der Waals surface area contributed by atoms with E-state index in [9.17, 15) is 33.8 Å². The van der Waals surface area contributed by atoms with Gasteiger partial charge in [0.2, 0.25) is 17.7 Å². The largest absolute Gasteiger partial charge is 0.461 e. The molecule has 0 aliphatic heterocycles. The molecule has 0 aliphatic carbocycles. The topological polar surface area (TPSA) is 154 Å². The Kier molecular flexibility index (Phi) is 22.7. The maximum Gasteiger partial charge on any atom is 0.308 e. The molecule has 0 fully saturated rings. The minimum Gasteiger partial charge on any atom is -0.461 e. The minimum atomic E-state index is -1.35. The van der Waals surface area contributed by atoms with Crippen LogP contribution in [0.5, 0.6) is 0 Å². The molecule has 0 aromatic heterocycles. The number of amides is 3. The summed E-state index contributed by atoms with van der Waals surface area (Å²) >= 11 is 3.21. The zero-order chi connectivity index (χ0) is 56.7. The number of hydrogen-bond donors (Lipinski definition) is 5. The van der Waals surface area contributed by atoms with E-state index in [1.165, 1.54) is 42.1 Å². The van der Waals surface area contributed by atoms with E-state index in [1.807, 2.05) is 152 Å². The van der Waals surface area contributed by atoms with Gasteiger partial charge in [0.25, 0.3) is 0 Å². The first-order chi connectivity index (χ1) is 38.8. The van der Waals surface area contributed by atoms with Crippen LogP contribution >= 0.6 is 23.5 Å². The molecule has 0 bridgehead atoms. The third kappa shape index (κ3) is 16.1. The van der Waals surface area contributed by atoms with E-state index in [-0.39, 0.29) is 31.1 Å². The molecule has 0 spiro atoms. The fourth-order valence-electron chi connectivity index (χ4n) is 9.79. The Morgan fingerprint density at radius 2 is 1.00 bits per heavy atom. The third-order valence-electron chi connectivity index (χ3n) is 13.7. The average Bonchev–Trinajstić information content (AvgIpc) is 3.49. The van der Waals surface area contributed by atoms with Crippen molar-refractivity contribution in [3.05, 3.63) is 276 Å². The van der Waals surface area contributed by atoms with Crippen molar-refractivity contribution in [2.24, 2.45) is 5.92 Å².